The highest BCUT2D eigenvalue weighted by Gasteiger charge is 2.17. The summed E-state index contributed by atoms with van der Waals surface area (Å²) in [5.74, 6) is 0.168. The van der Waals surface area contributed by atoms with Gasteiger partial charge in [-0.3, -0.25) is 9.36 Å². The van der Waals surface area contributed by atoms with Gasteiger partial charge in [0.2, 0.25) is 0 Å². The second-order valence-electron chi connectivity index (χ2n) is 7.75. The first-order valence-electron chi connectivity index (χ1n) is 10.3. The van der Waals surface area contributed by atoms with Crippen molar-refractivity contribution in [2.45, 2.75) is 26.9 Å². The van der Waals surface area contributed by atoms with Gasteiger partial charge in [-0.25, -0.2) is 4.39 Å². The molecule has 4 aromatic rings. The summed E-state index contributed by atoms with van der Waals surface area (Å²) in [5.41, 5.74) is 3.55. The molecule has 4 rings (SSSR count). The van der Waals surface area contributed by atoms with Gasteiger partial charge in [-0.15, -0.1) is 0 Å². The van der Waals surface area contributed by atoms with E-state index < -0.39 is 0 Å². The van der Waals surface area contributed by atoms with Crippen molar-refractivity contribution in [3.05, 3.63) is 90.5 Å². The monoisotopic (exact) mass is 614 g/mol. The Morgan fingerprint density at radius 2 is 1.80 bits per heavy atom. The van der Waals surface area contributed by atoms with E-state index in [-0.39, 0.29) is 12.4 Å². The van der Waals surface area contributed by atoms with Crippen LogP contribution in [0.5, 0.6) is 0 Å². The molecule has 0 unspecified atom stereocenters. The van der Waals surface area contributed by atoms with Crippen LogP contribution in [-0.2, 0) is 13.1 Å². The Hall–Kier alpha value is -2.17. The minimum absolute atomic E-state index is 0.199. The SMILES string of the molecule is Cc1nn(Cc2c(F)cccc2Cl)c(C)c1NC(=S)Nc1nn(Cc2ccc(Cl)c(Cl)c2)cc1Br. The normalized spacial score (nSPS) is 11.1. The highest BCUT2D eigenvalue weighted by atomic mass is 79.9. The number of benzene rings is 2. The molecule has 0 aliphatic heterocycles. The molecule has 6 nitrogen and oxygen atoms in total. The number of nitrogens with zero attached hydrogens (tertiary/aromatic N) is 4. The zero-order chi connectivity index (χ0) is 25.3. The summed E-state index contributed by atoms with van der Waals surface area (Å²) in [6, 6.07) is 10.0. The van der Waals surface area contributed by atoms with E-state index in [1.54, 1.807) is 33.6 Å². The smallest absolute Gasteiger partial charge is 0.176 e. The Labute approximate surface area is 230 Å². The highest BCUT2D eigenvalue weighted by Crippen LogP contribution is 2.27. The van der Waals surface area contributed by atoms with E-state index in [0.717, 1.165) is 21.4 Å². The van der Waals surface area contributed by atoms with E-state index in [2.05, 4.69) is 36.8 Å². The largest absolute Gasteiger partial charge is 0.329 e. The highest BCUT2D eigenvalue weighted by molar-refractivity contribution is 9.10. The maximum absolute atomic E-state index is 14.2. The number of thiocarbonyl (C=S) groups is 1. The second kappa shape index (κ2) is 10.8. The van der Waals surface area contributed by atoms with Crippen molar-refractivity contribution in [2.24, 2.45) is 0 Å². The van der Waals surface area contributed by atoms with Crippen LogP contribution >= 0.6 is 63.0 Å². The van der Waals surface area contributed by atoms with Crippen molar-refractivity contribution < 1.29 is 4.39 Å². The summed E-state index contributed by atoms with van der Waals surface area (Å²) in [4.78, 5) is 0. The number of rotatable bonds is 6. The molecule has 0 saturated carbocycles. The number of hydrogen-bond acceptors (Lipinski definition) is 3. The summed E-state index contributed by atoms with van der Waals surface area (Å²) in [6.45, 7) is 4.42. The molecule has 2 heterocycles. The lowest BCUT2D eigenvalue weighted by atomic mass is 10.2. The van der Waals surface area contributed by atoms with Gasteiger partial charge in [0.1, 0.15) is 5.82 Å². The molecule has 0 radical (unpaired) electrons. The average Bonchev–Trinajstić information content (AvgIpc) is 3.26. The van der Waals surface area contributed by atoms with Crippen LogP contribution < -0.4 is 10.6 Å². The Bertz CT molecular complexity index is 1400. The van der Waals surface area contributed by atoms with Gasteiger partial charge in [0.05, 0.1) is 44.7 Å². The van der Waals surface area contributed by atoms with Crippen molar-refractivity contribution in [1.82, 2.24) is 19.6 Å². The van der Waals surface area contributed by atoms with Gasteiger partial charge in [0.25, 0.3) is 0 Å². The Morgan fingerprint density at radius 1 is 1.03 bits per heavy atom. The third-order valence-corrected chi connectivity index (χ3v) is 7.14. The Balaban J connectivity index is 1.46. The quantitative estimate of drug-likeness (QED) is 0.220. The molecule has 182 valence electrons. The molecule has 0 spiro atoms. The molecule has 0 bridgehead atoms. The third kappa shape index (κ3) is 5.98. The number of aromatic nitrogens is 4. The fourth-order valence-electron chi connectivity index (χ4n) is 3.51. The minimum Gasteiger partial charge on any atom is -0.329 e. The van der Waals surface area contributed by atoms with Gasteiger partial charge in [-0.2, -0.15) is 10.2 Å². The van der Waals surface area contributed by atoms with Crippen molar-refractivity contribution >= 4 is 79.6 Å². The lowest BCUT2D eigenvalue weighted by molar-refractivity contribution is 0.579. The van der Waals surface area contributed by atoms with Crippen molar-refractivity contribution in [3.8, 4) is 0 Å². The van der Waals surface area contributed by atoms with Crippen LogP contribution in [0.25, 0.3) is 0 Å². The predicted molar refractivity (Wildman–Crippen MR) is 148 cm³/mol. The van der Waals surface area contributed by atoms with Gasteiger partial charge in [-0.05, 0) is 71.8 Å². The van der Waals surface area contributed by atoms with Crippen LogP contribution in [0.3, 0.4) is 0 Å². The van der Waals surface area contributed by atoms with Crippen LogP contribution in [0.2, 0.25) is 15.1 Å². The Morgan fingerprint density at radius 3 is 2.51 bits per heavy atom. The average molecular weight is 617 g/mol. The lowest BCUT2D eigenvalue weighted by Crippen LogP contribution is -2.20. The number of halogens is 5. The van der Waals surface area contributed by atoms with E-state index in [1.807, 2.05) is 26.1 Å². The van der Waals surface area contributed by atoms with Gasteiger partial charge < -0.3 is 10.6 Å². The molecule has 12 heteroatoms. The molecule has 2 aromatic carbocycles. The fourth-order valence-corrected chi connectivity index (χ4v) is 4.66. The third-order valence-electron chi connectivity index (χ3n) is 5.27. The topological polar surface area (TPSA) is 59.7 Å². The first kappa shape index (κ1) is 25.9. The van der Waals surface area contributed by atoms with Crippen molar-refractivity contribution in [1.29, 1.82) is 0 Å². The number of hydrogen-bond donors (Lipinski definition) is 2. The van der Waals surface area contributed by atoms with E-state index in [9.17, 15) is 4.39 Å². The van der Waals surface area contributed by atoms with Crippen LogP contribution in [0.4, 0.5) is 15.9 Å². The summed E-state index contributed by atoms with van der Waals surface area (Å²) in [6.07, 6.45) is 1.83. The molecule has 0 aliphatic carbocycles. The molecule has 2 aromatic heterocycles. The summed E-state index contributed by atoms with van der Waals surface area (Å²) >= 11 is 27.3. The Kier molecular flexibility index (Phi) is 8.02. The van der Waals surface area contributed by atoms with Gasteiger partial charge in [0, 0.05) is 16.8 Å². The van der Waals surface area contributed by atoms with Crippen LogP contribution in [-0.4, -0.2) is 24.7 Å². The van der Waals surface area contributed by atoms with Gasteiger partial charge in [0.15, 0.2) is 10.9 Å². The fraction of sp³-hybridized carbons (Fsp3) is 0.174. The van der Waals surface area contributed by atoms with E-state index in [4.69, 9.17) is 47.0 Å². The maximum Gasteiger partial charge on any atom is 0.176 e. The molecule has 35 heavy (non-hydrogen) atoms. The molecule has 0 saturated heterocycles. The first-order valence-corrected chi connectivity index (χ1v) is 12.7. The summed E-state index contributed by atoms with van der Waals surface area (Å²) < 4.78 is 18.4. The molecular formula is C23H19BrCl3FN6S. The molecular weight excluding hydrogens is 598 g/mol. The number of anilines is 2. The zero-order valence-electron chi connectivity index (χ0n) is 18.5. The van der Waals surface area contributed by atoms with Crippen molar-refractivity contribution in [3.63, 3.8) is 0 Å². The van der Waals surface area contributed by atoms with Crippen molar-refractivity contribution in [2.75, 3.05) is 10.6 Å². The second-order valence-corrected chi connectivity index (χ2v) is 10.2. The minimum atomic E-state index is -0.377. The molecule has 2 N–H and O–H groups in total. The number of nitrogens with one attached hydrogen (secondary N) is 2. The van der Waals surface area contributed by atoms with E-state index in [0.29, 0.717) is 43.8 Å². The lowest BCUT2D eigenvalue weighted by Gasteiger charge is -2.11. The van der Waals surface area contributed by atoms with Crippen LogP contribution in [0, 0.1) is 19.7 Å². The molecule has 0 aliphatic rings. The summed E-state index contributed by atoms with van der Waals surface area (Å²) in [5, 5.41) is 17.0. The number of aryl methyl sites for hydroxylation is 1. The molecule has 0 atom stereocenters. The van der Waals surface area contributed by atoms with Gasteiger partial charge >= 0.3 is 0 Å². The maximum atomic E-state index is 14.2. The van der Waals surface area contributed by atoms with E-state index >= 15 is 0 Å². The molecule has 0 fully saturated rings. The van der Waals surface area contributed by atoms with Crippen LogP contribution in [0.1, 0.15) is 22.5 Å². The van der Waals surface area contributed by atoms with Crippen LogP contribution in [0.15, 0.2) is 47.1 Å². The van der Waals surface area contributed by atoms with E-state index in [1.165, 1.54) is 6.07 Å². The summed E-state index contributed by atoms with van der Waals surface area (Å²) in [7, 11) is 0. The predicted octanol–water partition coefficient (Wildman–Crippen LogP) is 7.46. The van der Waals surface area contributed by atoms with Gasteiger partial charge in [-0.1, -0.05) is 46.9 Å². The first-order chi connectivity index (χ1) is 16.6. The molecule has 0 amide bonds. The zero-order valence-corrected chi connectivity index (χ0v) is 23.2. The standard InChI is InChI=1S/C23H19BrCl3FN6S/c1-12-21(13(2)34(31-12)10-15-17(25)4-3-5-20(15)28)29-23(35)30-22-16(24)11-33(32-22)9-14-6-7-18(26)19(27)8-14/h3-8,11H,9-10H2,1-2H3,(H2,29,30,32,35).